The van der Waals surface area contributed by atoms with Crippen molar-refractivity contribution in [3.05, 3.63) is 0 Å². The summed E-state index contributed by atoms with van der Waals surface area (Å²) in [5.74, 6) is 2.69. The molecule has 4 rings (SSSR count). The lowest BCUT2D eigenvalue weighted by molar-refractivity contribution is -0.173. The summed E-state index contributed by atoms with van der Waals surface area (Å²) in [6, 6.07) is 0. The van der Waals surface area contributed by atoms with E-state index in [4.69, 9.17) is 0 Å². The highest BCUT2D eigenvalue weighted by atomic mass is 16.1. The first-order valence-electron chi connectivity index (χ1n) is 9.76. The van der Waals surface area contributed by atoms with Gasteiger partial charge in [-0.2, -0.15) is 0 Å². The second-order valence-corrected chi connectivity index (χ2v) is 10.2. The minimum Gasteiger partial charge on any atom is -0.299 e. The molecule has 0 unspecified atom stereocenters. The van der Waals surface area contributed by atoms with Gasteiger partial charge in [-0.3, -0.25) is 9.59 Å². The van der Waals surface area contributed by atoms with E-state index in [1.807, 2.05) is 13.8 Å². The maximum absolute atomic E-state index is 13.2. The number of carbonyl (C=O) groups is 2. The molecule has 4 saturated carbocycles. The number of fused-ring (bicyclic) bond motifs is 5. The van der Waals surface area contributed by atoms with Crippen molar-refractivity contribution in [2.45, 2.75) is 79.1 Å². The summed E-state index contributed by atoms with van der Waals surface area (Å²) in [5.41, 5.74) is 0.0947. The van der Waals surface area contributed by atoms with Crippen molar-refractivity contribution in [2.75, 3.05) is 0 Å². The molecule has 0 spiro atoms. The highest BCUT2D eigenvalue weighted by molar-refractivity contribution is 5.94. The Kier molecular flexibility index (Phi) is 3.24. The fraction of sp³-hybridized carbons (Fsp3) is 0.905. The Labute approximate surface area is 140 Å². The molecule has 0 radical (unpaired) electrons. The zero-order valence-corrected chi connectivity index (χ0v) is 15.3. The van der Waals surface area contributed by atoms with Crippen LogP contribution in [0.4, 0.5) is 0 Å². The molecule has 0 saturated heterocycles. The van der Waals surface area contributed by atoms with Gasteiger partial charge in [0.15, 0.2) is 0 Å². The Morgan fingerprint density at radius 2 is 1.65 bits per heavy atom. The van der Waals surface area contributed by atoms with Crippen LogP contribution in [0.5, 0.6) is 0 Å². The van der Waals surface area contributed by atoms with Gasteiger partial charge in [-0.1, -0.05) is 34.1 Å². The minimum absolute atomic E-state index is 0.0386. The Hall–Kier alpha value is -0.660. The van der Waals surface area contributed by atoms with Gasteiger partial charge in [0, 0.05) is 24.2 Å². The molecular formula is C21H32O2. The van der Waals surface area contributed by atoms with Crippen LogP contribution in [0, 0.1) is 39.9 Å². The third kappa shape index (κ3) is 1.93. The van der Waals surface area contributed by atoms with E-state index in [9.17, 15) is 9.59 Å². The van der Waals surface area contributed by atoms with E-state index >= 15 is 0 Å². The fourth-order valence-electron chi connectivity index (χ4n) is 7.74. The van der Waals surface area contributed by atoms with Gasteiger partial charge in [0.2, 0.25) is 0 Å². The van der Waals surface area contributed by atoms with E-state index < -0.39 is 5.41 Å². The average molecular weight is 316 g/mol. The van der Waals surface area contributed by atoms with Gasteiger partial charge in [-0.25, -0.2) is 0 Å². The van der Waals surface area contributed by atoms with Gasteiger partial charge in [0.05, 0.1) is 0 Å². The number of Topliss-reactive ketones (excluding diaryl/α,β-unsaturated/α-hetero) is 2. The highest BCUT2D eigenvalue weighted by Crippen LogP contribution is 2.67. The third-order valence-electron chi connectivity index (χ3n) is 8.81. The molecule has 4 aliphatic carbocycles. The predicted molar refractivity (Wildman–Crippen MR) is 90.9 cm³/mol. The summed E-state index contributed by atoms with van der Waals surface area (Å²) in [5, 5.41) is 0. The Morgan fingerprint density at radius 1 is 0.913 bits per heavy atom. The van der Waals surface area contributed by atoms with Crippen LogP contribution in [0.25, 0.3) is 0 Å². The zero-order valence-electron chi connectivity index (χ0n) is 15.3. The molecule has 0 aliphatic heterocycles. The van der Waals surface area contributed by atoms with Crippen LogP contribution in [0.2, 0.25) is 0 Å². The summed E-state index contributed by atoms with van der Waals surface area (Å²) in [7, 11) is 0. The maximum Gasteiger partial charge on any atom is 0.139 e. The van der Waals surface area contributed by atoms with Crippen molar-refractivity contribution < 1.29 is 9.59 Å². The number of ketones is 2. The lowest BCUT2D eigenvalue weighted by Gasteiger charge is -2.61. The van der Waals surface area contributed by atoms with Gasteiger partial charge >= 0.3 is 0 Å². The summed E-state index contributed by atoms with van der Waals surface area (Å²) in [6.07, 6.45) is 9.03. The normalized spacial score (nSPS) is 51.8. The Bertz CT molecular complexity index is 562. The first kappa shape index (κ1) is 15.8. The van der Waals surface area contributed by atoms with Crippen LogP contribution in [0.15, 0.2) is 0 Å². The lowest BCUT2D eigenvalue weighted by Crippen LogP contribution is -2.61. The molecule has 6 atom stereocenters. The molecule has 0 bridgehead atoms. The SMILES string of the molecule is CC1(C)C(=O)CC[C@]2(C)[C@@H]3CC[C@@]4(C)CCC[C@@H]4[C@@H]3CC(=O)[C@@H]12. The fourth-order valence-corrected chi connectivity index (χ4v) is 7.74. The second kappa shape index (κ2) is 4.70. The monoisotopic (exact) mass is 316 g/mol. The molecule has 0 aromatic carbocycles. The van der Waals surface area contributed by atoms with Crippen LogP contribution in [0.1, 0.15) is 79.1 Å². The van der Waals surface area contributed by atoms with Crippen molar-refractivity contribution in [3.8, 4) is 0 Å². The van der Waals surface area contributed by atoms with E-state index in [0.717, 1.165) is 18.8 Å². The maximum atomic E-state index is 13.2. The van der Waals surface area contributed by atoms with Gasteiger partial charge in [0.25, 0.3) is 0 Å². The topological polar surface area (TPSA) is 34.1 Å². The van der Waals surface area contributed by atoms with Gasteiger partial charge in [0.1, 0.15) is 11.6 Å². The van der Waals surface area contributed by atoms with Gasteiger partial charge < -0.3 is 0 Å². The van der Waals surface area contributed by atoms with Crippen LogP contribution in [-0.2, 0) is 9.59 Å². The van der Waals surface area contributed by atoms with Crippen molar-refractivity contribution in [1.82, 2.24) is 0 Å². The number of hydrogen-bond acceptors (Lipinski definition) is 2. The lowest BCUT2D eigenvalue weighted by atomic mass is 9.41. The number of hydrogen-bond donors (Lipinski definition) is 0. The molecule has 0 aromatic rings. The Balaban J connectivity index is 1.75. The molecule has 4 aliphatic rings. The molecule has 4 fully saturated rings. The highest BCUT2D eigenvalue weighted by Gasteiger charge is 2.64. The standard InChI is InChI=1S/C21H32O2/c1-19(2)17(23)8-11-21(4)15-7-10-20(3)9-5-6-14(20)13(15)12-16(22)18(19)21/h13-15,18H,5-12H2,1-4H3/t13-,14+,15+,18-,20+,21+/m0/s1. The molecule has 128 valence electrons. The van der Waals surface area contributed by atoms with Crippen molar-refractivity contribution in [3.63, 3.8) is 0 Å². The van der Waals surface area contributed by atoms with Crippen LogP contribution in [0.3, 0.4) is 0 Å². The van der Waals surface area contributed by atoms with E-state index in [0.29, 0.717) is 35.2 Å². The molecule has 0 aromatic heterocycles. The van der Waals surface area contributed by atoms with Crippen molar-refractivity contribution in [2.24, 2.45) is 39.9 Å². The quantitative estimate of drug-likeness (QED) is 0.643. The third-order valence-corrected chi connectivity index (χ3v) is 8.81. The second-order valence-electron chi connectivity index (χ2n) is 10.2. The van der Waals surface area contributed by atoms with E-state index in [1.165, 1.54) is 32.1 Å². The summed E-state index contributed by atoms with van der Waals surface area (Å²) in [4.78, 5) is 25.7. The first-order chi connectivity index (χ1) is 10.7. The largest absolute Gasteiger partial charge is 0.299 e. The summed E-state index contributed by atoms with van der Waals surface area (Å²) < 4.78 is 0. The van der Waals surface area contributed by atoms with Gasteiger partial charge in [-0.05, 0) is 60.7 Å². The van der Waals surface area contributed by atoms with E-state index in [1.54, 1.807) is 0 Å². The summed E-state index contributed by atoms with van der Waals surface area (Å²) >= 11 is 0. The molecule has 0 amide bonds. The Morgan fingerprint density at radius 3 is 2.39 bits per heavy atom. The van der Waals surface area contributed by atoms with Crippen molar-refractivity contribution in [1.29, 1.82) is 0 Å². The van der Waals surface area contributed by atoms with Crippen LogP contribution >= 0.6 is 0 Å². The minimum atomic E-state index is -0.453. The molecular weight excluding hydrogens is 284 g/mol. The van der Waals surface area contributed by atoms with Crippen molar-refractivity contribution >= 4 is 11.6 Å². The number of carbonyl (C=O) groups excluding carboxylic acids is 2. The average Bonchev–Trinajstić information content (AvgIpc) is 2.85. The van der Waals surface area contributed by atoms with E-state index in [-0.39, 0.29) is 11.3 Å². The van der Waals surface area contributed by atoms with Crippen LogP contribution in [-0.4, -0.2) is 11.6 Å². The molecule has 2 nitrogen and oxygen atoms in total. The molecule has 0 N–H and O–H groups in total. The zero-order chi connectivity index (χ0) is 16.6. The van der Waals surface area contributed by atoms with E-state index in [2.05, 4.69) is 13.8 Å². The molecule has 23 heavy (non-hydrogen) atoms. The summed E-state index contributed by atoms with van der Waals surface area (Å²) in [6.45, 7) is 8.92. The van der Waals surface area contributed by atoms with Crippen LogP contribution < -0.4 is 0 Å². The molecule has 0 heterocycles. The predicted octanol–water partition coefficient (Wildman–Crippen LogP) is 4.80. The smallest absolute Gasteiger partial charge is 0.139 e. The number of rotatable bonds is 0. The van der Waals surface area contributed by atoms with Gasteiger partial charge in [-0.15, -0.1) is 0 Å². The molecule has 2 heteroatoms. The first-order valence-corrected chi connectivity index (χ1v) is 9.76.